The molecular formula is C11H23N3O3S. The molecule has 0 radical (unpaired) electrons. The van der Waals surface area contributed by atoms with Gasteiger partial charge in [-0.05, 0) is 19.4 Å². The van der Waals surface area contributed by atoms with Crippen molar-refractivity contribution in [1.82, 2.24) is 14.9 Å². The van der Waals surface area contributed by atoms with Gasteiger partial charge in [0.15, 0.2) is 0 Å². The molecule has 2 aliphatic heterocycles. The van der Waals surface area contributed by atoms with Crippen LogP contribution in [0, 0.1) is 0 Å². The van der Waals surface area contributed by atoms with Gasteiger partial charge in [-0.25, -0.2) is 13.1 Å². The fourth-order valence-corrected chi connectivity index (χ4v) is 3.74. The maximum absolute atomic E-state index is 11.8. The molecule has 1 atom stereocenters. The molecule has 0 aromatic carbocycles. The Bertz CT molecular complexity index is 335. The van der Waals surface area contributed by atoms with Crippen molar-refractivity contribution in [3.05, 3.63) is 0 Å². The maximum Gasteiger partial charge on any atom is 0.213 e. The minimum Gasteiger partial charge on any atom is -0.379 e. The number of nitrogens with zero attached hydrogens (tertiary/aromatic N) is 1. The summed E-state index contributed by atoms with van der Waals surface area (Å²) in [4.78, 5) is 2.22. The number of sulfonamides is 1. The van der Waals surface area contributed by atoms with Gasteiger partial charge >= 0.3 is 0 Å². The summed E-state index contributed by atoms with van der Waals surface area (Å²) in [6.07, 6.45) is 2.04. The molecule has 0 bridgehead atoms. The van der Waals surface area contributed by atoms with Crippen LogP contribution in [0.25, 0.3) is 0 Å². The lowest BCUT2D eigenvalue weighted by Gasteiger charge is -2.26. The van der Waals surface area contributed by atoms with Gasteiger partial charge in [-0.2, -0.15) is 0 Å². The van der Waals surface area contributed by atoms with Crippen molar-refractivity contribution < 1.29 is 13.2 Å². The van der Waals surface area contributed by atoms with E-state index < -0.39 is 10.0 Å². The summed E-state index contributed by atoms with van der Waals surface area (Å²) in [5.41, 5.74) is 0. The monoisotopic (exact) mass is 277 g/mol. The molecule has 18 heavy (non-hydrogen) atoms. The van der Waals surface area contributed by atoms with E-state index in [0.29, 0.717) is 6.54 Å². The fourth-order valence-electron chi connectivity index (χ4n) is 2.41. The Kier molecular flexibility index (Phi) is 5.38. The number of ether oxygens (including phenoxy) is 1. The van der Waals surface area contributed by atoms with Gasteiger partial charge in [-0.1, -0.05) is 0 Å². The SMILES string of the molecule is O=S(=O)(CC1CCCN1)NCCN1CCOCC1. The highest BCUT2D eigenvalue weighted by atomic mass is 32.2. The van der Waals surface area contributed by atoms with Crippen molar-refractivity contribution in [2.75, 3.05) is 51.7 Å². The topological polar surface area (TPSA) is 70.7 Å². The van der Waals surface area contributed by atoms with Crippen LogP contribution in [0.5, 0.6) is 0 Å². The Morgan fingerprint density at radius 3 is 2.78 bits per heavy atom. The fraction of sp³-hybridized carbons (Fsp3) is 1.00. The van der Waals surface area contributed by atoms with Gasteiger partial charge < -0.3 is 10.1 Å². The van der Waals surface area contributed by atoms with Gasteiger partial charge in [0.25, 0.3) is 0 Å². The highest BCUT2D eigenvalue weighted by Crippen LogP contribution is 2.06. The van der Waals surface area contributed by atoms with Crippen LogP contribution in [0.15, 0.2) is 0 Å². The molecule has 2 N–H and O–H groups in total. The average molecular weight is 277 g/mol. The van der Waals surface area contributed by atoms with Gasteiger partial charge in [0, 0.05) is 32.2 Å². The van der Waals surface area contributed by atoms with Gasteiger partial charge in [-0.15, -0.1) is 0 Å². The largest absolute Gasteiger partial charge is 0.379 e. The summed E-state index contributed by atoms with van der Waals surface area (Å²) >= 11 is 0. The second kappa shape index (κ2) is 6.81. The van der Waals surface area contributed by atoms with E-state index in [1.54, 1.807) is 0 Å². The molecule has 1 unspecified atom stereocenters. The second-order valence-corrected chi connectivity index (χ2v) is 6.77. The van der Waals surface area contributed by atoms with Crippen LogP contribution >= 0.6 is 0 Å². The zero-order valence-corrected chi connectivity index (χ0v) is 11.5. The predicted molar refractivity (Wildman–Crippen MR) is 70.1 cm³/mol. The smallest absolute Gasteiger partial charge is 0.213 e. The van der Waals surface area contributed by atoms with Crippen molar-refractivity contribution >= 4 is 10.0 Å². The van der Waals surface area contributed by atoms with Crippen LogP contribution in [0.4, 0.5) is 0 Å². The molecule has 6 nitrogen and oxygen atoms in total. The molecule has 2 saturated heterocycles. The molecule has 0 aromatic heterocycles. The maximum atomic E-state index is 11.8. The number of hydrogen-bond acceptors (Lipinski definition) is 5. The van der Waals surface area contributed by atoms with Crippen molar-refractivity contribution in [2.24, 2.45) is 0 Å². The highest BCUT2D eigenvalue weighted by molar-refractivity contribution is 7.89. The lowest BCUT2D eigenvalue weighted by atomic mass is 10.3. The zero-order valence-electron chi connectivity index (χ0n) is 10.7. The number of nitrogens with one attached hydrogen (secondary N) is 2. The Morgan fingerprint density at radius 1 is 1.33 bits per heavy atom. The molecule has 2 rings (SSSR count). The molecule has 0 spiro atoms. The molecule has 2 fully saturated rings. The molecule has 0 saturated carbocycles. The standard InChI is InChI=1S/C11H23N3O3S/c15-18(16,10-11-2-1-3-12-11)13-4-5-14-6-8-17-9-7-14/h11-13H,1-10H2. The van der Waals surface area contributed by atoms with Crippen LogP contribution in [-0.2, 0) is 14.8 Å². The van der Waals surface area contributed by atoms with E-state index in [-0.39, 0.29) is 11.8 Å². The minimum absolute atomic E-state index is 0.130. The quantitative estimate of drug-likeness (QED) is 0.651. The van der Waals surface area contributed by atoms with Gasteiger partial charge in [0.1, 0.15) is 0 Å². The number of hydrogen-bond donors (Lipinski definition) is 2. The molecule has 0 amide bonds. The zero-order chi connectivity index (χ0) is 12.8. The third-order valence-corrected chi connectivity index (χ3v) is 4.92. The first kappa shape index (κ1) is 14.2. The molecule has 7 heteroatoms. The molecular weight excluding hydrogens is 254 g/mol. The lowest BCUT2D eigenvalue weighted by molar-refractivity contribution is 0.0390. The van der Waals surface area contributed by atoms with E-state index in [1.807, 2.05) is 0 Å². The van der Waals surface area contributed by atoms with E-state index in [1.165, 1.54) is 0 Å². The Labute approximate surface area is 109 Å². The number of morpholine rings is 1. The van der Waals surface area contributed by atoms with Crippen LogP contribution < -0.4 is 10.0 Å². The highest BCUT2D eigenvalue weighted by Gasteiger charge is 2.21. The average Bonchev–Trinajstić information content (AvgIpc) is 2.82. The Morgan fingerprint density at radius 2 is 2.11 bits per heavy atom. The van der Waals surface area contributed by atoms with Gasteiger partial charge in [0.2, 0.25) is 10.0 Å². The van der Waals surface area contributed by atoms with E-state index in [4.69, 9.17) is 4.74 Å². The summed E-state index contributed by atoms with van der Waals surface area (Å²) in [5, 5.41) is 3.21. The first-order chi connectivity index (χ1) is 8.66. The minimum atomic E-state index is -3.14. The number of rotatable bonds is 6. The van der Waals surface area contributed by atoms with Crippen molar-refractivity contribution in [3.63, 3.8) is 0 Å². The van der Waals surface area contributed by atoms with Crippen LogP contribution in [0.2, 0.25) is 0 Å². The summed E-state index contributed by atoms with van der Waals surface area (Å²) < 4.78 is 31.6. The molecule has 2 aliphatic rings. The van der Waals surface area contributed by atoms with E-state index in [2.05, 4.69) is 14.9 Å². The van der Waals surface area contributed by atoms with Crippen LogP contribution in [-0.4, -0.2) is 71.0 Å². The summed E-state index contributed by atoms with van der Waals surface area (Å²) in [5.74, 6) is 0.204. The first-order valence-corrected chi connectivity index (χ1v) is 8.32. The molecule has 0 aromatic rings. The van der Waals surface area contributed by atoms with Gasteiger partial charge in [-0.3, -0.25) is 4.90 Å². The second-order valence-electron chi connectivity index (χ2n) is 4.92. The third kappa shape index (κ3) is 4.81. The lowest BCUT2D eigenvalue weighted by Crippen LogP contribution is -2.43. The van der Waals surface area contributed by atoms with Crippen LogP contribution in [0.1, 0.15) is 12.8 Å². The predicted octanol–water partition coefficient (Wildman–Crippen LogP) is -1.01. The van der Waals surface area contributed by atoms with Crippen molar-refractivity contribution in [3.8, 4) is 0 Å². The summed E-state index contributed by atoms with van der Waals surface area (Å²) in [6, 6.07) is 0.130. The van der Waals surface area contributed by atoms with E-state index in [0.717, 1.165) is 52.2 Å². The van der Waals surface area contributed by atoms with Crippen molar-refractivity contribution in [2.45, 2.75) is 18.9 Å². The first-order valence-electron chi connectivity index (χ1n) is 6.66. The Hall–Kier alpha value is -0.210. The van der Waals surface area contributed by atoms with Crippen molar-refractivity contribution in [1.29, 1.82) is 0 Å². The molecule has 2 heterocycles. The molecule has 106 valence electrons. The summed E-state index contributed by atoms with van der Waals surface area (Å²) in [7, 11) is -3.14. The molecule has 0 aliphatic carbocycles. The third-order valence-electron chi connectivity index (χ3n) is 3.44. The van der Waals surface area contributed by atoms with E-state index >= 15 is 0 Å². The summed E-state index contributed by atoms with van der Waals surface area (Å²) in [6.45, 7) is 5.49. The Balaban J connectivity index is 1.64. The van der Waals surface area contributed by atoms with Gasteiger partial charge in [0.05, 0.1) is 19.0 Å². The normalized spacial score (nSPS) is 26.6. The van der Waals surface area contributed by atoms with Crippen LogP contribution in [0.3, 0.4) is 0 Å². The van der Waals surface area contributed by atoms with E-state index in [9.17, 15) is 8.42 Å².